The molecule has 0 saturated heterocycles. The maximum Gasteiger partial charge on any atom is 0.377 e. The maximum absolute atomic E-state index is 13.5. The fraction of sp³-hybridized carbons (Fsp3) is 0.909. The molecule has 0 radical (unpaired) electrons. The molecule has 0 aromatic heterocycles. The molecule has 4 unspecified atom stereocenters. The minimum atomic E-state index is -3.60. The van der Waals surface area contributed by atoms with Crippen LogP contribution in [-0.2, 0) is 23.8 Å². The van der Waals surface area contributed by atoms with Gasteiger partial charge in [-0.3, -0.25) is 0 Å². The Labute approximate surface area is 175 Å². The number of halogens is 2. The summed E-state index contributed by atoms with van der Waals surface area (Å²) in [6.45, 7) is 2.20. The fourth-order valence-electron chi connectivity index (χ4n) is 6.69. The zero-order valence-electron chi connectivity index (χ0n) is 17.8. The molecule has 170 valence electrons. The molecule has 4 bridgehead atoms. The lowest BCUT2D eigenvalue weighted by Crippen LogP contribution is -2.68. The smallest absolute Gasteiger partial charge is 0.377 e. The molecule has 30 heavy (non-hydrogen) atoms. The Balaban J connectivity index is 1.44. The topological polar surface area (TPSA) is 82.1 Å². The van der Waals surface area contributed by atoms with Crippen molar-refractivity contribution in [2.24, 2.45) is 5.92 Å². The molecule has 5 aliphatic rings. The average molecular weight is 430 g/mol. The Morgan fingerprint density at radius 3 is 2.27 bits per heavy atom. The van der Waals surface area contributed by atoms with Crippen LogP contribution in [0.15, 0.2) is 0 Å². The fourth-order valence-corrected chi connectivity index (χ4v) is 6.69. The Kier molecular flexibility index (Phi) is 5.21. The first kappa shape index (κ1) is 21.9. The van der Waals surface area contributed by atoms with Crippen LogP contribution in [0.1, 0.15) is 84.5 Å². The number of rotatable bonds is 6. The zero-order valence-corrected chi connectivity index (χ0v) is 17.8. The molecule has 0 amide bonds. The summed E-state index contributed by atoms with van der Waals surface area (Å²) in [7, 11) is 0. The van der Waals surface area contributed by atoms with Gasteiger partial charge in [-0.25, -0.2) is 9.59 Å². The molecular formula is C22H32F2O6. The third-order valence-electron chi connectivity index (χ3n) is 7.37. The highest BCUT2D eigenvalue weighted by Gasteiger charge is 2.66. The van der Waals surface area contributed by atoms with Crippen molar-refractivity contribution in [1.82, 2.24) is 0 Å². The molecule has 0 aromatic carbocycles. The van der Waals surface area contributed by atoms with Gasteiger partial charge in [-0.2, -0.15) is 8.78 Å². The van der Waals surface area contributed by atoms with Gasteiger partial charge < -0.3 is 19.3 Å². The second-order valence-electron chi connectivity index (χ2n) is 10.7. The normalized spacial score (nSPS) is 39.6. The molecule has 6 nitrogen and oxygen atoms in total. The van der Waals surface area contributed by atoms with E-state index in [-0.39, 0.29) is 25.4 Å². The van der Waals surface area contributed by atoms with Crippen molar-refractivity contribution in [2.75, 3.05) is 6.61 Å². The van der Waals surface area contributed by atoms with E-state index in [4.69, 9.17) is 14.2 Å². The molecule has 5 saturated carbocycles. The predicted octanol–water partition coefficient (Wildman–Crippen LogP) is 3.67. The summed E-state index contributed by atoms with van der Waals surface area (Å²) in [5.74, 6) is -5.63. The number of ether oxygens (including phenoxy) is 3. The van der Waals surface area contributed by atoms with Crippen molar-refractivity contribution < 1.29 is 37.7 Å². The average Bonchev–Trinajstić information content (AvgIpc) is 2.57. The molecule has 5 aliphatic carbocycles. The number of carbonyl (C=O) groups is 2. The van der Waals surface area contributed by atoms with Gasteiger partial charge in [-0.05, 0) is 57.8 Å². The zero-order chi connectivity index (χ0) is 21.8. The summed E-state index contributed by atoms with van der Waals surface area (Å²) in [6, 6.07) is 0. The number of carbonyl (C=O) groups excluding carboxylic acids is 2. The highest BCUT2D eigenvalue weighted by molar-refractivity contribution is 5.77. The Hall–Kier alpha value is -1.28. The van der Waals surface area contributed by atoms with Crippen LogP contribution in [0.4, 0.5) is 8.78 Å². The minimum absolute atomic E-state index is 0.00332. The van der Waals surface area contributed by atoms with Crippen molar-refractivity contribution in [3.8, 4) is 0 Å². The van der Waals surface area contributed by atoms with E-state index in [2.05, 4.69) is 0 Å². The van der Waals surface area contributed by atoms with E-state index in [0.29, 0.717) is 32.6 Å². The van der Waals surface area contributed by atoms with E-state index in [1.807, 2.05) is 6.92 Å². The van der Waals surface area contributed by atoms with Gasteiger partial charge in [0, 0.05) is 26.2 Å². The van der Waals surface area contributed by atoms with Crippen LogP contribution < -0.4 is 0 Å². The molecule has 5 rings (SSSR count). The predicted molar refractivity (Wildman–Crippen MR) is 102 cm³/mol. The third kappa shape index (κ3) is 4.35. The van der Waals surface area contributed by atoms with Crippen LogP contribution in [0.3, 0.4) is 0 Å². The van der Waals surface area contributed by atoms with E-state index < -0.39 is 40.3 Å². The Bertz CT molecular complexity index is 715. The van der Waals surface area contributed by atoms with Crippen molar-refractivity contribution in [3.63, 3.8) is 0 Å². The maximum atomic E-state index is 13.5. The van der Waals surface area contributed by atoms with Crippen LogP contribution in [-0.4, -0.2) is 52.0 Å². The lowest BCUT2D eigenvalue weighted by molar-refractivity contribution is -0.279. The molecular weight excluding hydrogens is 398 g/mol. The molecule has 0 spiro atoms. The van der Waals surface area contributed by atoms with Crippen molar-refractivity contribution >= 4 is 11.9 Å². The molecule has 4 atom stereocenters. The van der Waals surface area contributed by atoms with Crippen molar-refractivity contribution in [2.45, 2.75) is 113 Å². The lowest BCUT2D eigenvalue weighted by atomic mass is 9.50. The van der Waals surface area contributed by atoms with Crippen molar-refractivity contribution in [3.05, 3.63) is 0 Å². The summed E-state index contributed by atoms with van der Waals surface area (Å²) in [4.78, 5) is 24.4. The van der Waals surface area contributed by atoms with Gasteiger partial charge in [0.2, 0.25) is 0 Å². The SMILES string of the molecule is CC1(OC(=O)COC23CC4CC(O)(C2)CC(OC(=O)C(C)(F)F)(C4)C3)CCCCC1. The second-order valence-corrected chi connectivity index (χ2v) is 10.7. The summed E-state index contributed by atoms with van der Waals surface area (Å²) >= 11 is 0. The van der Waals surface area contributed by atoms with Crippen LogP contribution in [0, 0.1) is 5.92 Å². The molecule has 0 heterocycles. The summed E-state index contributed by atoms with van der Waals surface area (Å²) < 4.78 is 44.0. The summed E-state index contributed by atoms with van der Waals surface area (Å²) in [6.07, 6.45) is 7.09. The molecule has 8 heteroatoms. The molecule has 0 aromatic rings. The molecule has 1 N–H and O–H groups in total. The van der Waals surface area contributed by atoms with E-state index in [0.717, 1.165) is 32.1 Å². The third-order valence-corrected chi connectivity index (χ3v) is 7.37. The first-order valence-corrected chi connectivity index (χ1v) is 11.0. The minimum Gasteiger partial charge on any atom is -0.458 e. The first-order valence-electron chi connectivity index (χ1n) is 11.0. The van der Waals surface area contributed by atoms with Gasteiger partial charge in [0.25, 0.3) is 0 Å². The molecule has 5 fully saturated rings. The van der Waals surface area contributed by atoms with Crippen LogP contribution >= 0.6 is 0 Å². The van der Waals surface area contributed by atoms with Crippen LogP contribution in [0.25, 0.3) is 0 Å². The highest BCUT2D eigenvalue weighted by Crippen LogP contribution is 2.62. The van der Waals surface area contributed by atoms with Gasteiger partial charge in [0.05, 0.1) is 11.2 Å². The van der Waals surface area contributed by atoms with E-state index in [9.17, 15) is 23.5 Å². The van der Waals surface area contributed by atoms with Crippen molar-refractivity contribution in [1.29, 1.82) is 0 Å². The van der Waals surface area contributed by atoms with Crippen LogP contribution in [0.2, 0.25) is 0 Å². The number of hydrogen-bond donors (Lipinski definition) is 1. The van der Waals surface area contributed by atoms with Gasteiger partial charge in [0.15, 0.2) is 0 Å². The van der Waals surface area contributed by atoms with Gasteiger partial charge in [-0.1, -0.05) is 6.42 Å². The second kappa shape index (κ2) is 7.12. The van der Waals surface area contributed by atoms with Gasteiger partial charge in [0.1, 0.15) is 17.8 Å². The summed E-state index contributed by atoms with van der Waals surface area (Å²) in [5, 5.41) is 11.0. The lowest BCUT2D eigenvalue weighted by Gasteiger charge is -2.63. The van der Waals surface area contributed by atoms with Crippen LogP contribution in [0.5, 0.6) is 0 Å². The summed E-state index contributed by atoms with van der Waals surface area (Å²) in [5.41, 5.74) is -3.66. The largest absolute Gasteiger partial charge is 0.458 e. The number of aliphatic hydroxyl groups is 1. The number of hydrogen-bond acceptors (Lipinski definition) is 6. The van der Waals surface area contributed by atoms with Gasteiger partial charge >= 0.3 is 17.9 Å². The molecule has 0 aliphatic heterocycles. The highest BCUT2D eigenvalue weighted by atomic mass is 19.3. The number of esters is 2. The van der Waals surface area contributed by atoms with E-state index >= 15 is 0 Å². The standard InChI is InChI=1S/C22H32F2O6/c1-18(6-4-3-5-7-18)29-16(25)11-28-21-9-15-8-20(27,12-21)13-22(10-15,14-21)30-17(26)19(2,23)24/h15,27H,3-14H2,1-2H3. The number of alkyl halides is 2. The Morgan fingerprint density at radius 1 is 1.00 bits per heavy atom. The van der Waals surface area contributed by atoms with Gasteiger partial charge in [-0.15, -0.1) is 0 Å². The van der Waals surface area contributed by atoms with E-state index in [1.165, 1.54) is 0 Å². The Morgan fingerprint density at radius 2 is 1.63 bits per heavy atom. The monoisotopic (exact) mass is 430 g/mol. The quantitative estimate of drug-likeness (QED) is 0.648. The first-order chi connectivity index (χ1) is 13.8. The van der Waals surface area contributed by atoms with E-state index in [1.54, 1.807) is 0 Å².